The van der Waals surface area contributed by atoms with E-state index in [1.807, 2.05) is 18.2 Å². The molecule has 0 N–H and O–H groups in total. The van der Waals surface area contributed by atoms with Crippen molar-refractivity contribution in [3.05, 3.63) is 58.9 Å². The summed E-state index contributed by atoms with van der Waals surface area (Å²) in [5.41, 5.74) is 2.28. The van der Waals surface area contributed by atoms with Crippen LogP contribution in [0.4, 0.5) is 10.1 Å². The maximum atomic E-state index is 14.2. The number of anilines is 1. The molecular weight excluding hydrogens is 391 g/mol. The van der Waals surface area contributed by atoms with E-state index in [2.05, 4.69) is 11.0 Å². The highest BCUT2D eigenvalue weighted by molar-refractivity contribution is 7.89. The topological polar surface area (TPSA) is 49.9 Å². The van der Waals surface area contributed by atoms with E-state index in [9.17, 15) is 12.8 Å². The van der Waals surface area contributed by atoms with E-state index < -0.39 is 15.8 Å². The Kier molecular flexibility index (Phi) is 5.11. The van der Waals surface area contributed by atoms with Crippen molar-refractivity contribution in [3.8, 4) is 0 Å². The van der Waals surface area contributed by atoms with Gasteiger partial charge in [0.05, 0.1) is 11.6 Å². The lowest BCUT2D eigenvalue weighted by molar-refractivity contribution is 0.0988. The summed E-state index contributed by atoms with van der Waals surface area (Å²) >= 11 is 5.75. The van der Waals surface area contributed by atoms with Crippen LogP contribution >= 0.6 is 11.6 Å². The van der Waals surface area contributed by atoms with E-state index in [1.165, 1.54) is 22.5 Å². The summed E-state index contributed by atoms with van der Waals surface area (Å²) in [4.78, 5) is 1.84. The molecule has 0 saturated carbocycles. The zero-order valence-corrected chi connectivity index (χ0v) is 16.2. The van der Waals surface area contributed by atoms with Crippen molar-refractivity contribution < 1.29 is 17.5 Å². The van der Waals surface area contributed by atoms with E-state index in [1.54, 1.807) is 0 Å². The van der Waals surface area contributed by atoms with Crippen LogP contribution in [0, 0.1) is 5.82 Å². The van der Waals surface area contributed by atoms with Gasteiger partial charge >= 0.3 is 0 Å². The third kappa shape index (κ3) is 3.45. The number of fused-ring (bicyclic) bond motifs is 1. The van der Waals surface area contributed by atoms with E-state index in [4.69, 9.17) is 16.3 Å². The number of rotatable bonds is 3. The van der Waals surface area contributed by atoms with Gasteiger partial charge in [0.25, 0.3) is 0 Å². The fourth-order valence-electron chi connectivity index (χ4n) is 3.76. The second-order valence-electron chi connectivity index (χ2n) is 6.76. The molecule has 0 bridgehead atoms. The summed E-state index contributed by atoms with van der Waals surface area (Å²) in [5.74, 6) is -0.889. The van der Waals surface area contributed by atoms with Crippen molar-refractivity contribution in [2.75, 3.05) is 24.7 Å². The lowest BCUT2D eigenvalue weighted by Crippen LogP contribution is -2.48. The Balaban J connectivity index is 1.51. The second kappa shape index (κ2) is 7.39. The number of hydrogen-bond acceptors (Lipinski definition) is 4. The van der Waals surface area contributed by atoms with Crippen LogP contribution in [0.5, 0.6) is 0 Å². The SMILES string of the molecule is O=S(=O)(c1cccc(Cl)c1F)N1CCC(N2COCc3ccccc32)CC1. The molecule has 0 aromatic heterocycles. The molecule has 5 nitrogen and oxygen atoms in total. The highest BCUT2D eigenvalue weighted by Gasteiger charge is 2.34. The molecule has 0 radical (unpaired) electrons. The molecule has 4 rings (SSSR count). The average molecular weight is 411 g/mol. The van der Waals surface area contributed by atoms with Gasteiger partial charge in [0.15, 0.2) is 5.82 Å². The molecule has 2 aliphatic rings. The summed E-state index contributed by atoms with van der Waals surface area (Å²) in [6.45, 7) is 1.75. The number of sulfonamides is 1. The summed E-state index contributed by atoms with van der Waals surface area (Å²) in [5, 5.41) is -0.187. The molecule has 0 atom stereocenters. The van der Waals surface area contributed by atoms with Crippen molar-refractivity contribution in [3.63, 3.8) is 0 Å². The highest BCUT2D eigenvalue weighted by atomic mass is 35.5. The number of benzene rings is 2. The van der Waals surface area contributed by atoms with Crippen LogP contribution in [0.15, 0.2) is 47.4 Å². The Morgan fingerprint density at radius 3 is 2.59 bits per heavy atom. The Bertz CT molecular complexity index is 946. The normalized spacial score (nSPS) is 19.1. The standard InChI is InChI=1S/C19H20ClFN2O3S/c20-16-5-3-7-18(19(16)21)27(24,25)22-10-8-15(9-11-22)23-13-26-12-14-4-1-2-6-17(14)23/h1-7,15H,8-13H2. The first-order valence-electron chi connectivity index (χ1n) is 8.85. The van der Waals surface area contributed by atoms with Gasteiger partial charge in [-0.15, -0.1) is 0 Å². The maximum Gasteiger partial charge on any atom is 0.246 e. The van der Waals surface area contributed by atoms with Crippen molar-refractivity contribution in [2.45, 2.75) is 30.4 Å². The Labute approximate surface area is 163 Å². The molecule has 2 heterocycles. The summed E-state index contributed by atoms with van der Waals surface area (Å²) in [7, 11) is -3.91. The molecule has 0 spiro atoms. The quantitative estimate of drug-likeness (QED) is 0.775. The molecule has 0 amide bonds. The molecule has 1 fully saturated rings. The molecule has 27 heavy (non-hydrogen) atoms. The van der Waals surface area contributed by atoms with Crippen molar-refractivity contribution in [2.24, 2.45) is 0 Å². The third-order valence-corrected chi connectivity index (χ3v) is 7.40. The summed E-state index contributed by atoms with van der Waals surface area (Å²) < 4.78 is 46.9. The van der Waals surface area contributed by atoms with E-state index in [-0.39, 0.29) is 16.0 Å². The van der Waals surface area contributed by atoms with Gasteiger partial charge in [0.1, 0.15) is 11.6 Å². The molecule has 2 aromatic carbocycles. The zero-order valence-electron chi connectivity index (χ0n) is 14.6. The molecule has 2 aliphatic heterocycles. The van der Waals surface area contributed by atoms with Crippen LogP contribution in [-0.4, -0.2) is 38.6 Å². The molecule has 144 valence electrons. The third-order valence-electron chi connectivity index (χ3n) is 5.19. The number of hydrogen-bond donors (Lipinski definition) is 0. The van der Waals surface area contributed by atoms with Gasteiger partial charge in [0, 0.05) is 30.4 Å². The number of ether oxygens (including phenoxy) is 1. The minimum absolute atomic E-state index is 0.183. The first-order chi connectivity index (χ1) is 13.0. The van der Waals surface area contributed by atoms with Crippen LogP contribution in [-0.2, 0) is 21.4 Å². The van der Waals surface area contributed by atoms with Crippen LogP contribution in [0.3, 0.4) is 0 Å². The predicted molar refractivity (Wildman–Crippen MR) is 102 cm³/mol. The Morgan fingerprint density at radius 1 is 1.07 bits per heavy atom. The molecule has 2 aromatic rings. The maximum absolute atomic E-state index is 14.2. The zero-order chi connectivity index (χ0) is 19.0. The minimum atomic E-state index is -3.91. The van der Waals surface area contributed by atoms with Crippen LogP contribution in [0.25, 0.3) is 0 Å². The largest absolute Gasteiger partial charge is 0.356 e. The van der Waals surface area contributed by atoms with Gasteiger partial charge in [-0.25, -0.2) is 12.8 Å². The van der Waals surface area contributed by atoms with Gasteiger partial charge in [-0.1, -0.05) is 35.9 Å². The molecule has 0 aliphatic carbocycles. The summed E-state index contributed by atoms with van der Waals surface area (Å²) in [6, 6.07) is 12.3. The molecule has 0 unspecified atom stereocenters. The first kappa shape index (κ1) is 18.7. The van der Waals surface area contributed by atoms with Crippen molar-refractivity contribution in [1.29, 1.82) is 0 Å². The van der Waals surface area contributed by atoms with Crippen LogP contribution < -0.4 is 4.90 Å². The molecular formula is C19H20ClFN2O3S. The number of piperidine rings is 1. The number of nitrogens with zero attached hydrogens (tertiary/aromatic N) is 2. The van der Waals surface area contributed by atoms with Gasteiger partial charge < -0.3 is 9.64 Å². The van der Waals surface area contributed by atoms with Crippen LogP contribution in [0.2, 0.25) is 5.02 Å². The number of para-hydroxylation sites is 1. The van der Waals surface area contributed by atoms with E-state index in [0.717, 1.165) is 11.3 Å². The predicted octanol–water partition coefficient (Wildman–Crippen LogP) is 3.63. The fourth-order valence-corrected chi connectivity index (χ4v) is 5.54. The lowest BCUT2D eigenvalue weighted by Gasteiger charge is -2.41. The monoisotopic (exact) mass is 410 g/mol. The van der Waals surface area contributed by atoms with Gasteiger partial charge in [-0.3, -0.25) is 0 Å². The molecule has 8 heteroatoms. The molecule has 1 saturated heterocycles. The number of halogens is 2. The van der Waals surface area contributed by atoms with E-state index >= 15 is 0 Å². The van der Waals surface area contributed by atoms with Gasteiger partial charge in [0.2, 0.25) is 10.0 Å². The minimum Gasteiger partial charge on any atom is -0.356 e. The van der Waals surface area contributed by atoms with E-state index in [0.29, 0.717) is 39.3 Å². The average Bonchev–Trinajstić information content (AvgIpc) is 2.69. The fraction of sp³-hybridized carbons (Fsp3) is 0.368. The lowest BCUT2D eigenvalue weighted by atomic mass is 10.0. The Morgan fingerprint density at radius 2 is 1.81 bits per heavy atom. The van der Waals surface area contributed by atoms with Gasteiger partial charge in [-0.05, 0) is 31.0 Å². The smallest absolute Gasteiger partial charge is 0.246 e. The van der Waals surface area contributed by atoms with Crippen molar-refractivity contribution in [1.82, 2.24) is 4.31 Å². The second-order valence-corrected chi connectivity index (χ2v) is 9.08. The summed E-state index contributed by atoms with van der Waals surface area (Å²) in [6.07, 6.45) is 1.30. The first-order valence-corrected chi connectivity index (χ1v) is 10.7. The van der Waals surface area contributed by atoms with Crippen LogP contribution in [0.1, 0.15) is 18.4 Å². The highest BCUT2D eigenvalue weighted by Crippen LogP contribution is 2.32. The van der Waals surface area contributed by atoms with Crippen molar-refractivity contribution >= 4 is 27.3 Å². The van der Waals surface area contributed by atoms with Gasteiger partial charge in [-0.2, -0.15) is 4.31 Å². The Hall–Kier alpha value is -1.67.